The van der Waals surface area contributed by atoms with Gasteiger partial charge in [-0.2, -0.15) is 0 Å². The summed E-state index contributed by atoms with van der Waals surface area (Å²) in [6, 6.07) is 6.41. The van der Waals surface area contributed by atoms with Crippen LogP contribution in [0.5, 0.6) is 11.5 Å². The average molecular weight is 406 g/mol. The van der Waals surface area contributed by atoms with Crippen molar-refractivity contribution in [3.63, 3.8) is 0 Å². The summed E-state index contributed by atoms with van der Waals surface area (Å²) in [7, 11) is 3.37. The molecule has 2 rings (SSSR count). The van der Waals surface area contributed by atoms with Gasteiger partial charge in [-0.3, -0.25) is 4.99 Å². The van der Waals surface area contributed by atoms with Crippen LogP contribution < -0.4 is 25.0 Å². The summed E-state index contributed by atoms with van der Waals surface area (Å²) < 4.78 is 10.8. The molecule has 1 heterocycles. The standard InChI is InChI=1S/C22H39N5O2/c1-6-23-22(24-11-9-12-26(7-2)8-3)25-18-10-13-27(17-18)19-14-20(28-4)16-21(15-19)29-5/h14-16,18H,6-13,17H2,1-5H3,(H2,23,24,25). The van der Waals surface area contributed by atoms with Crippen molar-refractivity contribution in [1.29, 1.82) is 0 Å². The smallest absolute Gasteiger partial charge is 0.191 e. The lowest BCUT2D eigenvalue weighted by atomic mass is 10.2. The Bertz CT molecular complexity index is 611. The summed E-state index contributed by atoms with van der Waals surface area (Å²) in [6.45, 7) is 13.5. The second kappa shape index (κ2) is 12.4. The summed E-state index contributed by atoms with van der Waals surface area (Å²) in [5.41, 5.74) is 1.13. The third-order valence-electron chi connectivity index (χ3n) is 5.37. The first-order chi connectivity index (χ1) is 14.1. The number of hydrogen-bond acceptors (Lipinski definition) is 5. The van der Waals surface area contributed by atoms with E-state index in [2.05, 4.69) is 53.3 Å². The number of ether oxygens (including phenoxy) is 2. The van der Waals surface area contributed by atoms with Gasteiger partial charge in [-0.25, -0.2) is 0 Å². The Labute approximate surface area is 176 Å². The minimum atomic E-state index is 0.368. The molecule has 7 heteroatoms. The third kappa shape index (κ3) is 7.31. The van der Waals surface area contributed by atoms with Crippen molar-refractivity contribution < 1.29 is 9.47 Å². The van der Waals surface area contributed by atoms with Crippen LogP contribution in [0.15, 0.2) is 23.2 Å². The molecule has 0 radical (unpaired) electrons. The molecule has 1 atom stereocenters. The predicted molar refractivity (Wildman–Crippen MR) is 122 cm³/mol. The highest BCUT2D eigenvalue weighted by molar-refractivity contribution is 5.80. The first kappa shape index (κ1) is 23.1. The topological polar surface area (TPSA) is 61.4 Å². The van der Waals surface area contributed by atoms with E-state index >= 15 is 0 Å². The zero-order valence-electron chi connectivity index (χ0n) is 18.8. The second-order valence-corrected chi connectivity index (χ2v) is 7.29. The summed E-state index contributed by atoms with van der Waals surface area (Å²) in [5.74, 6) is 2.56. The fraction of sp³-hybridized carbons (Fsp3) is 0.682. The van der Waals surface area contributed by atoms with Crippen molar-refractivity contribution >= 4 is 11.6 Å². The number of nitrogens with zero attached hydrogens (tertiary/aromatic N) is 3. The molecule has 0 spiro atoms. The molecule has 1 aliphatic heterocycles. The van der Waals surface area contributed by atoms with Gasteiger partial charge < -0.3 is 29.9 Å². The van der Waals surface area contributed by atoms with Gasteiger partial charge in [0.15, 0.2) is 5.96 Å². The zero-order chi connectivity index (χ0) is 21.1. The van der Waals surface area contributed by atoms with Gasteiger partial charge in [0.25, 0.3) is 0 Å². The number of hydrogen-bond donors (Lipinski definition) is 2. The van der Waals surface area contributed by atoms with Crippen molar-refractivity contribution in [2.24, 2.45) is 4.99 Å². The fourth-order valence-corrected chi connectivity index (χ4v) is 3.63. The maximum absolute atomic E-state index is 5.41. The van der Waals surface area contributed by atoms with Crippen LogP contribution in [0.25, 0.3) is 0 Å². The van der Waals surface area contributed by atoms with Crippen molar-refractivity contribution in [2.45, 2.75) is 39.7 Å². The molecule has 1 fully saturated rings. The molecule has 2 N–H and O–H groups in total. The lowest BCUT2D eigenvalue weighted by Gasteiger charge is -2.21. The van der Waals surface area contributed by atoms with Crippen LogP contribution in [0, 0.1) is 0 Å². The maximum Gasteiger partial charge on any atom is 0.191 e. The van der Waals surface area contributed by atoms with Crippen LogP contribution in [-0.4, -0.2) is 76.9 Å². The van der Waals surface area contributed by atoms with Crippen LogP contribution in [0.4, 0.5) is 5.69 Å². The molecular formula is C22H39N5O2. The van der Waals surface area contributed by atoms with Crippen LogP contribution in [0.1, 0.15) is 33.6 Å². The summed E-state index contributed by atoms with van der Waals surface area (Å²) >= 11 is 0. The molecule has 1 aromatic rings. The van der Waals surface area contributed by atoms with E-state index < -0.39 is 0 Å². The van der Waals surface area contributed by atoms with Gasteiger partial charge in [0.05, 0.1) is 14.2 Å². The van der Waals surface area contributed by atoms with Gasteiger partial charge in [-0.1, -0.05) is 13.8 Å². The van der Waals surface area contributed by atoms with E-state index in [-0.39, 0.29) is 0 Å². The Kier molecular flexibility index (Phi) is 9.91. The fourth-order valence-electron chi connectivity index (χ4n) is 3.63. The first-order valence-electron chi connectivity index (χ1n) is 10.9. The molecule has 0 aliphatic carbocycles. The lowest BCUT2D eigenvalue weighted by Crippen LogP contribution is -2.44. The number of benzene rings is 1. The van der Waals surface area contributed by atoms with E-state index in [1.807, 2.05) is 6.07 Å². The summed E-state index contributed by atoms with van der Waals surface area (Å²) in [6.07, 6.45) is 2.15. The highest BCUT2D eigenvalue weighted by Crippen LogP contribution is 2.30. The molecule has 0 bridgehead atoms. The van der Waals surface area contributed by atoms with Gasteiger partial charge >= 0.3 is 0 Å². The van der Waals surface area contributed by atoms with Crippen LogP contribution >= 0.6 is 0 Å². The third-order valence-corrected chi connectivity index (χ3v) is 5.37. The second-order valence-electron chi connectivity index (χ2n) is 7.29. The Morgan fingerprint density at radius 2 is 1.83 bits per heavy atom. The number of rotatable bonds is 11. The van der Waals surface area contributed by atoms with E-state index in [1.54, 1.807) is 14.2 Å². The van der Waals surface area contributed by atoms with Gasteiger partial charge in [0, 0.05) is 56.1 Å². The Hall–Kier alpha value is -2.15. The molecule has 1 saturated heterocycles. The SMILES string of the molecule is CCNC(=NCCCN(CC)CC)NC1CCN(c2cc(OC)cc(OC)c2)C1. The van der Waals surface area contributed by atoms with E-state index in [4.69, 9.17) is 14.5 Å². The van der Waals surface area contributed by atoms with Gasteiger partial charge in [-0.15, -0.1) is 0 Å². The zero-order valence-corrected chi connectivity index (χ0v) is 18.8. The van der Waals surface area contributed by atoms with Crippen LogP contribution in [0.3, 0.4) is 0 Å². The molecule has 29 heavy (non-hydrogen) atoms. The quantitative estimate of drug-likeness (QED) is 0.335. The monoisotopic (exact) mass is 405 g/mol. The van der Waals surface area contributed by atoms with E-state index in [0.717, 1.165) is 81.8 Å². The number of aliphatic imine (C=N–C) groups is 1. The van der Waals surface area contributed by atoms with Crippen LogP contribution in [0.2, 0.25) is 0 Å². The predicted octanol–water partition coefficient (Wildman–Crippen LogP) is 2.57. The summed E-state index contributed by atoms with van der Waals surface area (Å²) in [5, 5.41) is 6.99. The molecule has 1 unspecified atom stereocenters. The molecule has 1 aromatic carbocycles. The lowest BCUT2D eigenvalue weighted by molar-refractivity contribution is 0.302. The molecule has 0 saturated carbocycles. The number of guanidine groups is 1. The van der Waals surface area contributed by atoms with Gasteiger partial charge in [0.2, 0.25) is 0 Å². The normalized spacial score (nSPS) is 17.0. The number of nitrogens with one attached hydrogen (secondary N) is 2. The molecule has 0 amide bonds. The Balaban J connectivity index is 1.91. The largest absolute Gasteiger partial charge is 0.497 e. The van der Waals surface area contributed by atoms with E-state index in [0.29, 0.717) is 6.04 Å². The number of anilines is 1. The van der Waals surface area contributed by atoms with E-state index in [9.17, 15) is 0 Å². The first-order valence-corrected chi connectivity index (χ1v) is 10.9. The molecule has 7 nitrogen and oxygen atoms in total. The highest BCUT2D eigenvalue weighted by atomic mass is 16.5. The Morgan fingerprint density at radius 1 is 1.14 bits per heavy atom. The van der Waals surface area contributed by atoms with Crippen molar-refractivity contribution in [3.05, 3.63) is 18.2 Å². The van der Waals surface area contributed by atoms with Gasteiger partial charge in [0.1, 0.15) is 11.5 Å². The van der Waals surface area contributed by atoms with Crippen molar-refractivity contribution in [2.75, 3.05) is 64.9 Å². The molecule has 0 aromatic heterocycles. The maximum atomic E-state index is 5.41. The molecule has 1 aliphatic rings. The van der Waals surface area contributed by atoms with Crippen molar-refractivity contribution in [3.8, 4) is 11.5 Å². The van der Waals surface area contributed by atoms with Gasteiger partial charge in [-0.05, 0) is 39.4 Å². The average Bonchev–Trinajstić information content (AvgIpc) is 3.22. The van der Waals surface area contributed by atoms with Crippen molar-refractivity contribution in [1.82, 2.24) is 15.5 Å². The number of methoxy groups -OCH3 is 2. The van der Waals surface area contributed by atoms with Crippen LogP contribution in [-0.2, 0) is 0 Å². The minimum absolute atomic E-state index is 0.368. The molecule has 164 valence electrons. The molecular weight excluding hydrogens is 366 g/mol. The minimum Gasteiger partial charge on any atom is -0.497 e. The highest BCUT2D eigenvalue weighted by Gasteiger charge is 2.24. The van der Waals surface area contributed by atoms with E-state index in [1.165, 1.54) is 0 Å². The Morgan fingerprint density at radius 3 is 2.41 bits per heavy atom. The summed E-state index contributed by atoms with van der Waals surface area (Å²) in [4.78, 5) is 9.58.